The number of amides is 2. The molecule has 2 amide bonds. The topological polar surface area (TPSA) is 59.6 Å². The summed E-state index contributed by atoms with van der Waals surface area (Å²) in [4.78, 5) is 12.4. The highest BCUT2D eigenvalue weighted by Crippen LogP contribution is 2.38. The number of carbonyl (C=O) groups is 1. The van der Waals surface area contributed by atoms with Gasteiger partial charge in [0, 0.05) is 11.4 Å². The Morgan fingerprint density at radius 2 is 0.906 bits per heavy atom. The zero-order valence-electron chi connectivity index (χ0n) is 21.3. The van der Waals surface area contributed by atoms with E-state index in [1.54, 1.807) is 0 Å². The van der Waals surface area contributed by atoms with E-state index in [1.165, 1.54) is 0 Å². The summed E-state index contributed by atoms with van der Waals surface area (Å²) in [5.74, 6) is 1.67. The summed E-state index contributed by atoms with van der Waals surface area (Å²) in [6, 6.07) is 14.8. The highest BCUT2D eigenvalue weighted by molar-refractivity contribution is 6.75. The summed E-state index contributed by atoms with van der Waals surface area (Å²) in [5, 5.41) is 6.00. The summed E-state index contributed by atoms with van der Waals surface area (Å²) >= 11 is 0. The normalized spacial score (nSPS) is 12.8. The molecule has 7 heteroatoms. The molecule has 0 aliphatic carbocycles. The van der Waals surface area contributed by atoms with Gasteiger partial charge in [-0.15, -0.1) is 0 Å². The van der Waals surface area contributed by atoms with Crippen molar-refractivity contribution in [3.05, 3.63) is 48.5 Å². The summed E-state index contributed by atoms with van der Waals surface area (Å²) < 4.78 is 12.6. The van der Waals surface area contributed by atoms with Crippen molar-refractivity contribution < 1.29 is 13.6 Å². The van der Waals surface area contributed by atoms with Crippen molar-refractivity contribution >= 4 is 34.0 Å². The van der Waals surface area contributed by atoms with Crippen LogP contribution in [0.2, 0.25) is 36.3 Å². The lowest BCUT2D eigenvalue weighted by Crippen LogP contribution is -2.43. The summed E-state index contributed by atoms with van der Waals surface area (Å²) in [6.07, 6.45) is 0. The van der Waals surface area contributed by atoms with Gasteiger partial charge in [-0.2, -0.15) is 0 Å². The van der Waals surface area contributed by atoms with E-state index in [9.17, 15) is 4.79 Å². The molecule has 32 heavy (non-hydrogen) atoms. The molecule has 0 fully saturated rings. The molecular weight excluding hydrogens is 432 g/mol. The van der Waals surface area contributed by atoms with Gasteiger partial charge < -0.3 is 19.5 Å². The third-order valence-corrected chi connectivity index (χ3v) is 15.3. The minimum atomic E-state index is -1.88. The molecule has 0 bridgehead atoms. The van der Waals surface area contributed by atoms with Crippen LogP contribution in [0, 0.1) is 0 Å². The maximum atomic E-state index is 12.4. The van der Waals surface area contributed by atoms with Crippen molar-refractivity contribution in [3.63, 3.8) is 0 Å². The maximum absolute atomic E-state index is 12.4. The Labute approximate surface area is 196 Å². The molecule has 0 saturated carbocycles. The standard InChI is InChI=1S/C25H40N2O3Si2/c1-24(2,3)31(7,8)29-21-15-11-19(12-16-21)26-23(28)27-20-13-17-22(18-14-20)30-32(9,10)25(4,5)6/h11-18H,1-10H3,(H2,26,27,28). The van der Waals surface area contributed by atoms with Gasteiger partial charge in [0.05, 0.1) is 0 Å². The predicted octanol–water partition coefficient (Wildman–Crippen LogP) is 8.10. The fourth-order valence-electron chi connectivity index (χ4n) is 2.40. The van der Waals surface area contributed by atoms with Crippen LogP contribution in [0.15, 0.2) is 48.5 Å². The van der Waals surface area contributed by atoms with Gasteiger partial charge in [0.25, 0.3) is 0 Å². The average Bonchev–Trinajstić information content (AvgIpc) is 2.62. The molecule has 2 rings (SSSR count). The van der Waals surface area contributed by atoms with E-state index in [4.69, 9.17) is 8.85 Å². The van der Waals surface area contributed by atoms with Gasteiger partial charge in [0.1, 0.15) is 11.5 Å². The molecule has 0 aliphatic rings. The first-order valence-electron chi connectivity index (χ1n) is 11.2. The van der Waals surface area contributed by atoms with E-state index in [0.29, 0.717) is 11.4 Å². The van der Waals surface area contributed by atoms with Crippen LogP contribution in [0.3, 0.4) is 0 Å². The molecule has 0 unspecified atom stereocenters. The second kappa shape index (κ2) is 9.31. The largest absolute Gasteiger partial charge is 0.544 e. The zero-order chi connectivity index (χ0) is 24.4. The van der Waals surface area contributed by atoms with Crippen LogP contribution in [0.25, 0.3) is 0 Å². The lowest BCUT2D eigenvalue weighted by molar-refractivity contribution is 0.262. The molecule has 0 aliphatic heterocycles. The third kappa shape index (κ3) is 6.87. The average molecular weight is 473 g/mol. The number of hydrogen-bond donors (Lipinski definition) is 2. The Hall–Kier alpha value is -2.26. The van der Waals surface area contributed by atoms with Crippen LogP contribution < -0.4 is 19.5 Å². The Kier molecular flexibility index (Phi) is 7.57. The molecule has 176 valence electrons. The molecule has 0 aromatic heterocycles. The van der Waals surface area contributed by atoms with Crippen LogP contribution >= 0.6 is 0 Å². The minimum Gasteiger partial charge on any atom is -0.544 e. The van der Waals surface area contributed by atoms with Crippen molar-refractivity contribution in [2.24, 2.45) is 0 Å². The predicted molar refractivity (Wildman–Crippen MR) is 141 cm³/mol. The van der Waals surface area contributed by atoms with Crippen molar-refractivity contribution in [1.82, 2.24) is 0 Å². The second-order valence-electron chi connectivity index (χ2n) is 11.4. The van der Waals surface area contributed by atoms with Crippen LogP contribution in [0.4, 0.5) is 16.2 Å². The molecule has 2 aromatic rings. The van der Waals surface area contributed by atoms with E-state index in [1.807, 2.05) is 48.5 Å². The third-order valence-electron chi connectivity index (χ3n) is 6.58. The van der Waals surface area contributed by atoms with Gasteiger partial charge in [-0.25, -0.2) is 4.79 Å². The number of carbonyl (C=O) groups excluding carboxylic acids is 1. The lowest BCUT2D eigenvalue weighted by Gasteiger charge is -2.36. The van der Waals surface area contributed by atoms with E-state index in [0.717, 1.165) is 11.5 Å². The van der Waals surface area contributed by atoms with Crippen molar-refractivity contribution in [2.45, 2.75) is 77.8 Å². The van der Waals surface area contributed by atoms with Gasteiger partial charge >= 0.3 is 6.03 Å². The monoisotopic (exact) mass is 472 g/mol. The maximum Gasteiger partial charge on any atom is 0.323 e. The Morgan fingerprint density at radius 1 is 0.625 bits per heavy atom. The van der Waals surface area contributed by atoms with Crippen LogP contribution in [-0.4, -0.2) is 22.7 Å². The molecule has 0 radical (unpaired) electrons. The minimum absolute atomic E-state index is 0.134. The number of anilines is 2. The fourth-order valence-corrected chi connectivity index (χ4v) is 4.46. The SMILES string of the molecule is CC(C)(C)[Si](C)(C)Oc1ccc(NC(=O)Nc2ccc(O[Si](C)(C)C(C)(C)C)cc2)cc1. The molecule has 0 spiro atoms. The second-order valence-corrected chi connectivity index (χ2v) is 20.8. The van der Waals surface area contributed by atoms with Crippen LogP contribution in [-0.2, 0) is 0 Å². The summed E-state index contributed by atoms with van der Waals surface area (Å²) in [7, 11) is -3.77. The number of nitrogens with one attached hydrogen (secondary N) is 2. The van der Waals surface area contributed by atoms with Gasteiger partial charge in [-0.3, -0.25) is 0 Å². The van der Waals surface area contributed by atoms with Gasteiger partial charge in [-0.1, -0.05) is 41.5 Å². The molecule has 0 saturated heterocycles. The number of rotatable bonds is 6. The van der Waals surface area contributed by atoms with Gasteiger partial charge in [-0.05, 0) is 84.8 Å². The lowest BCUT2D eigenvalue weighted by atomic mass is 10.2. The van der Waals surface area contributed by atoms with E-state index in [-0.39, 0.29) is 16.1 Å². The number of urea groups is 1. The smallest absolute Gasteiger partial charge is 0.323 e. The summed E-state index contributed by atoms with van der Waals surface area (Å²) in [5.41, 5.74) is 1.42. The first kappa shape index (κ1) is 26.0. The fraction of sp³-hybridized carbons (Fsp3) is 0.480. The molecular formula is C25H40N2O3Si2. The highest BCUT2D eigenvalue weighted by Gasteiger charge is 2.39. The van der Waals surface area contributed by atoms with Gasteiger partial charge in [0.2, 0.25) is 16.6 Å². The van der Waals surface area contributed by atoms with E-state index >= 15 is 0 Å². The molecule has 0 atom stereocenters. The first-order chi connectivity index (χ1) is 14.5. The van der Waals surface area contributed by atoms with Crippen molar-refractivity contribution in [2.75, 3.05) is 10.6 Å². The molecule has 2 aromatic carbocycles. The Balaban J connectivity index is 1.94. The van der Waals surface area contributed by atoms with Gasteiger partial charge in [0.15, 0.2) is 0 Å². The highest BCUT2D eigenvalue weighted by atomic mass is 28.4. The quantitative estimate of drug-likeness (QED) is 0.417. The summed E-state index contributed by atoms with van der Waals surface area (Å²) in [6.45, 7) is 22.2. The van der Waals surface area contributed by atoms with Crippen LogP contribution in [0.5, 0.6) is 11.5 Å². The van der Waals surface area contributed by atoms with Crippen molar-refractivity contribution in [1.29, 1.82) is 0 Å². The molecule has 2 N–H and O–H groups in total. The zero-order valence-corrected chi connectivity index (χ0v) is 23.3. The van der Waals surface area contributed by atoms with E-state index < -0.39 is 16.6 Å². The number of hydrogen-bond acceptors (Lipinski definition) is 3. The Bertz CT molecular complexity index is 835. The van der Waals surface area contributed by atoms with Crippen molar-refractivity contribution in [3.8, 4) is 11.5 Å². The van der Waals surface area contributed by atoms with E-state index in [2.05, 4.69) is 78.4 Å². The molecule has 5 nitrogen and oxygen atoms in total. The number of benzene rings is 2. The Morgan fingerprint density at radius 3 is 1.16 bits per heavy atom. The first-order valence-corrected chi connectivity index (χ1v) is 17.0. The van der Waals surface area contributed by atoms with Crippen LogP contribution in [0.1, 0.15) is 41.5 Å². The molecule has 0 heterocycles.